The standard InChI is InChI=1S/C28H27N3O4/c1-20-14-23(16-29-15-20)34-19-21-8-10-22(11-9-21)35-24-17-31(18-24)26-7-5-6-25(28(32)33-2)27(26)30-12-3-4-13-30/h3-16,24H,17-19H2,1-2H3. The minimum atomic E-state index is -0.355. The molecule has 0 N–H and O–H groups in total. The molecule has 0 unspecified atom stereocenters. The Balaban J connectivity index is 1.21. The molecule has 2 aromatic heterocycles. The molecule has 1 fully saturated rings. The Hall–Kier alpha value is -4.26. The molecule has 2 aromatic carbocycles. The molecular formula is C28H27N3O4. The number of methoxy groups -OCH3 is 1. The molecule has 7 nitrogen and oxygen atoms in total. The van der Waals surface area contributed by atoms with E-state index >= 15 is 0 Å². The predicted molar refractivity (Wildman–Crippen MR) is 133 cm³/mol. The maximum atomic E-state index is 12.4. The maximum absolute atomic E-state index is 12.4. The largest absolute Gasteiger partial charge is 0.487 e. The van der Waals surface area contributed by atoms with Gasteiger partial charge in [0, 0.05) is 18.6 Å². The van der Waals surface area contributed by atoms with Crippen LogP contribution in [0.15, 0.2) is 85.5 Å². The van der Waals surface area contributed by atoms with Crippen LogP contribution in [0, 0.1) is 6.92 Å². The van der Waals surface area contributed by atoms with E-state index in [1.165, 1.54) is 7.11 Å². The molecule has 0 saturated carbocycles. The lowest BCUT2D eigenvalue weighted by Crippen LogP contribution is -2.54. The molecular weight excluding hydrogens is 442 g/mol. The fourth-order valence-electron chi connectivity index (χ4n) is 4.16. The number of ether oxygens (including phenoxy) is 3. The van der Waals surface area contributed by atoms with E-state index in [0.717, 1.165) is 47.1 Å². The molecule has 35 heavy (non-hydrogen) atoms. The van der Waals surface area contributed by atoms with Gasteiger partial charge in [0.15, 0.2) is 0 Å². The van der Waals surface area contributed by atoms with Crippen LogP contribution in [0.5, 0.6) is 11.5 Å². The number of esters is 1. The Morgan fingerprint density at radius 3 is 2.49 bits per heavy atom. The van der Waals surface area contributed by atoms with Gasteiger partial charge >= 0.3 is 5.97 Å². The zero-order chi connectivity index (χ0) is 24.2. The average Bonchev–Trinajstić information content (AvgIpc) is 3.39. The van der Waals surface area contributed by atoms with E-state index in [-0.39, 0.29) is 12.1 Å². The van der Waals surface area contributed by atoms with Gasteiger partial charge in [-0.05, 0) is 60.5 Å². The topological polar surface area (TPSA) is 65.8 Å². The highest BCUT2D eigenvalue weighted by Crippen LogP contribution is 2.33. The molecule has 0 amide bonds. The number of aryl methyl sites for hydroxylation is 1. The Labute approximate surface area is 204 Å². The zero-order valence-electron chi connectivity index (χ0n) is 19.8. The van der Waals surface area contributed by atoms with Crippen LogP contribution in [0.3, 0.4) is 0 Å². The van der Waals surface area contributed by atoms with Gasteiger partial charge in [0.25, 0.3) is 0 Å². The Morgan fingerprint density at radius 1 is 1.00 bits per heavy atom. The van der Waals surface area contributed by atoms with E-state index in [2.05, 4.69) is 9.88 Å². The van der Waals surface area contributed by atoms with E-state index in [0.29, 0.717) is 12.2 Å². The fourth-order valence-corrected chi connectivity index (χ4v) is 4.16. The first kappa shape index (κ1) is 22.5. The minimum Gasteiger partial charge on any atom is -0.487 e. The van der Waals surface area contributed by atoms with Gasteiger partial charge in [0.1, 0.15) is 24.2 Å². The van der Waals surface area contributed by atoms with E-state index in [1.807, 2.05) is 78.5 Å². The lowest BCUT2D eigenvalue weighted by atomic mass is 10.1. The Kier molecular flexibility index (Phi) is 6.39. The van der Waals surface area contributed by atoms with Crippen molar-refractivity contribution in [2.24, 2.45) is 0 Å². The van der Waals surface area contributed by atoms with Crippen LogP contribution in [0.25, 0.3) is 5.69 Å². The fraction of sp³-hybridized carbons (Fsp3) is 0.214. The number of carbonyl (C=O) groups is 1. The number of hydrogen-bond donors (Lipinski definition) is 0. The second-order valence-electron chi connectivity index (χ2n) is 8.53. The Morgan fingerprint density at radius 2 is 1.77 bits per heavy atom. The Bertz CT molecular complexity index is 1300. The van der Waals surface area contributed by atoms with Crippen molar-refractivity contribution in [3.05, 3.63) is 102 Å². The summed E-state index contributed by atoms with van der Waals surface area (Å²) in [7, 11) is 1.40. The number of benzene rings is 2. The van der Waals surface area contributed by atoms with E-state index in [9.17, 15) is 4.79 Å². The molecule has 3 heterocycles. The first-order valence-electron chi connectivity index (χ1n) is 11.5. The second-order valence-corrected chi connectivity index (χ2v) is 8.53. The van der Waals surface area contributed by atoms with Crippen molar-refractivity contribution < 1.29 is 19.0 Å². The molecule has 178 valence electrons. The van der Waals surface area contributed by atoms with Gasteiger partial charge in [-0.2, -0.15) is 0 Å². The van der Waals surface area contributed by atoms with Gasteiger partial charge in [-0.1, -0.05) is 18.2 Å². The number of carbonyl (C=O) groups excluding carboxylic acids is 1. The van der Waals surface area contributed by atoms with Gasteiger partial charge in [-0.15, -0.1) is 0 Å². The molecule has 0 atom stereocenters. The summed E-state index contributed by atoms with van der Waals surface area (Å²) in [5, 5.41) is 0. The minimum absolute atomic E-state index is 0.0646. The molecule has 0 aliphatic carbocycles. The molecule has 0 bridgehead atoms. The third kappa shape index (κ3) is 4.99. The van der Waals surface area contributed by atoms with Crippen LogP contribution in [-0.2, 0) is 11.3 Å². The third-order valence-electron chi connectivity index (χ3n) is 5.95. The maximum Gasteiger partial charge on any atom is 0.340 e. The van der Waals surface area contributed by atoms with Crippen molar-refractivity contribution in [2.45, 2.75) is 19.6 Å². The number of pyridine rings is 1. The summed E-state index contributed by atoms with van der Waals surface area (Å²) >= 11 is 0. The second kappa shape index (κ2) is 9.93. The smallest absolute Gasteiger partial charge is 0.340 e. The van der Waals surface area contributed by atoms with Gasteiger partial charge in [-0.25, -0.2) is 4.79 Å². The summed E-state index contributed by atoms with van der Waals surface area (Å²) in [5.74, 6) is 1.23. The highest BCUT2D eigenvalue weighted by molar-refractivity contribution is 5.96. The van der Waals surface area contributed by atoms with E-state index in [4.69, 9.17) is 14.2 Å². The van der Waals surface area contributed by atoms with Gasteiger partial charge in [-0.3, -0.25) is 4.98 Å². The summed E-state index contributed by atoms with van der Waals surface area (Å²) < 4.78 is 19.0. The number of hydrogen-bond acceptors (Lipinski definition) is 6. The summed E-state index contributed by atoms with van der Waals surface area (Å²) in [6.45, 7) is 3.92. The highest BCUT2D eigenvalue weighted by atomic mass is 16.5. The number of aromatic nitrogens is 2. The molecule has 1 saturated heterocycles. The van der Waals surface area contributed by atoms with Crippen molar-refractivity contribution >= 4 is 11.7 Å². The van der Waals surface area contributed by atoms with Crippen molar-refractivity contribution in [3.8, 4) is 17.2 Å². The first-order valence-corrected chi connectivity index (χ1v) is 11.5. The van der Waals surface area contributed by atoms with Crippen LogP contribution in [0.2, 0.25) is 0 Å². The van der Waals surface area contributed by atoms with E-state index in [1.54, 1.807) is 18.5 Å². The molecule has 1 aliphatic heterocycles. The summed E-state index contributed by atoms with van der Waals surface area (Å²) in [5.41, 5.74) is 4.45. The predicted octanol–water partition coefficient (Wildman–Crippen LogP) is 4.81. The summed E-state index contributed by atoms with van der Waals surface area (Å²) in [6, 6.07) is 19.5. The van der Waals surface area contributed by atoms with Crippen LogP contribution >= 0.6 is 0 Å². The summed E-state index contributed by atoms with van der Waals surface area (Å²) in [6.07, 6.45) is 7.45. The van der Waals surface area contributed by atoms with E-state index < -0.39 is 0 Å². The lowest BCUT2D eigenvalue weighted by molar-refractivity contribution is 0.0600. The van der Waals surface area contributed by atoms with Gasteiger partial charge in [0.05, 0.1) is 43.3 Å². The number of para-hydroxylation sites is 1. The van der Waals surface area contributed by atoms with Crippen LogP contribution in [-0.4, -0.2) is 41.8 Å². The molecule has 0 radical (unpaired) electrons. The first-order chi connectivity index (χ1) is 17.1. The van der Waals surface area contributed by atoms with Gasteiger partial charge in [0.2, 0.25) is 0 Å². The van der Waals surface area contributed by atoms with Crippen molar-refractivity contribution in [1.29, 1.82) is 0 Å². The third-order valence-corrected chi connectivity index (χ3v) is 5.95. The van der Waals surface area contributed by atoms with Crippen LogP contribution in [0.4, 0.5) is 5.69 Å². The highest BCUT2D eigenvalue weighted by Gasteiger charge is 2.32. The SMILES string of the molecule is COC(=O)c1cccc(N2CC(Oc3ccc(COc4cncc(C)c4)cc3)C2)c1-n1cccc1. The molecule has 0 spiro atoms. The zero-order valence-corrected chi connectivity index (χ0v) is 19.8. The average molecular weight is 470 g/mol. The quantitative estimate of drug-likeness (QED) is 0.345. The summed E-state index contributed by atoms with van der Waals surface area (Å²) in [4.78, 5) is 18.8. The van der Waals surface area contributed by atoms with Crippen LogP contribution in [0.1, 0.15) is 21.5 Å². The number of anilines is 1. The molecule has 4 aromatic rings. The van der Waals surface area contributed by atoms with Crippen molar-refractivity contribution in [2.75, 3.05) is 25.1 Å². The van der Waals surface area contributed by atoms with Crippen molar-refractivity contribution in [1.82, 2.24) is 9.55 Å². The lowest BCUT2D eigenvalue weighted by Gasteiger charge is -2.41. The van der Waals surface area contributed by atoms with Gasteiger partial charge < -0.3 is 23.7 Å². The number of nitrogens with zero attached hydrogens (tertiary/aromatic N) is 3. The molecule has 1 aliphatic rings. The normalized spacial score (nSPS) is 13.3. The number of rotatable bonds is 8. The van der Waals surface area contributed by atoms with Crippen LogP contribution < -0.4 is 14.4 Å². The van der Waals surface area contributed by atoms with Crippen molar-refractivity contribution in [3.63, 3.8) is 0 Å². The molecule has 5 rings (SSSR count). The molecule has 7 heteroatoms. The monoisotopic (exact) mass is 469 g/mol.